The Labute approximate surface area is 428 Å². The second-order valence-corrected chi connectivity index (χ2v) is 20.6. The maximum absolute atomic E-state index is 15.1. The van der Waals surface area contributed by atoms with Crippen LogP contribution in [0.3, 0.4) is 0 Å². The van der Waals surface area contributed by atoms with Crippen LogP contribution in [0, 0.1) is 17.8 Å². The largest absolute Gasteiger partial charge is 0.459 e. The number of methoxy groups -OCH3 is 1. The highest BCUT2D eigenvalue weighted by Crippen LogP contribution is 2.38. The number of pyridine rings is 1. The molecule has 0 unspecified atom stereocenters. The number of amides is 1. The molecule has 15 nitrogen and oxygen atoms in total. The molecule has 0 bridgehead atoms. The lowest BCUT2D eigenvalue weighted by Gasteiger charge is -2.47. The number of ether oxygens (including phenoxy) is 6. The minimum absolute atomic E-state index is 0.0436. The summed E-state index contributed by atoms with van der Waals surface area (Å²) in [7, 11) is 5.33. The molecule has 2 aliphatic rings. The molecule has 2 aliphatic heterocycles. The van der Waals surface area contributed by atoms with Crippen molar-refractivity contribution in [2.45, 2.75) is 161 Å². The molecule has 72 heavy (non-hydrogen) atoms. The number of hydrogen-bond donors (Lipinski definition) is 0. The lowest BCUT2D eigenvalue weighted by atomic mass is 9.78. The maximum atomic E-state index is 15.1. The minimum Gasteiger partial charge on any atom is -0.459 e. The maximum Gasteiger partial charge on any atom is 0.338 e. The van der Waals surface area contributed by atoms with Crippen LogP contribution in [0.15, 0.2) is 72.9 Å². The lowest BCUT2D eigenvalue weighted by molar-refractivity contribution is -0.296. The van der Waals surface area contributed by atoms with Crippen LogP contribution in [-0.2, 0) is 47.6 Å². The number of para-hydroxylation sites is 1. The number of ketones is 2. The summed E-state index contributed by atoms with van der Waals surface area (Å²) in [5, 5.41) is 0.978. The van der Waals surface area contributed by atoms with Crippen molar-refractivity contribution in [1.82, 2.24) is 19.7 Å². The van der Waals surface area contributed by atoms with Gasteiger partial charge in [0.2, 0.25) is 6.41 Å². The fourth-order valence-corrected chi connectivity index (χ4v) is 10.5. The summed E-state index contributed by atoms with van der Waals surface area (Å²) in [6, 6.07) is 17.8. The van der Waals surface area contributed by atoms with Gasteiger partial charge in [0.15, 0.2) is 18.2 Å². The van der Waals surface area contributed by atoms with Gasteiger partial charge in [-0.25, -0.2) is 4.79 Å². The first kappa shape index (κ1) is 58.0. The smallest absolute Gasteiger partial charge is 0.338 e. The number of esters is 2. The molecular formula is C57H82N4O11. The highest BCUT2D eigenvalue weighted by molar-refractivity contribution is 6.00. The van der Waals surface area contributed by atoms with Crippen LogP contribution >= 0.6 is 0 Å². The molecule has 2 fully saturated rings. The molecule has 15 heteroatoms. The molecule has 5 rings (SSSR count). The molecule has 0 radical (unpaired) electrons. The third-order valence-electron chi connectivity index (χ3n) is 15.4. The predicted octanol–water partition coefficient (Wildman–Crippen LogP) is 8.21. The highest BCUT2D eigenvalue weighted by Gasteiger charge is 2.51. The topological polar surface area (TPSA) is 163 Å². The van der Waals surface area contributed by atoms with Crippen molar-refractivity contribution in [3.8, 4) is 0 Å². The van der Waals surface area contributed by atoms with Gasteiger partial charge in [-0.3, -0.25) is 29.1 Å². The predicted molar refractivity (Wildman–Crippen MR) is 278 cm³/mol. The van der Waals surface area contributed by atoms with E-state index >= 15 is 4.79 Å². The van der Waals surface area contributed by atoms with E-state index in [1.807, 2.05) is 95.2 Å². The Morgan fingerprint density at radius 2 is 1.69 bits per heavy atom. The van der Waals surface area contributed by atoms with Gasteiger partial charge in [-0.05, 0) is 131 Å². The molecule has 2 aromatic carbocycles. The molecule has 0 N–H and O–H groups in total. The molecular weight excluding hydrogens is 917 g/mol. The molecule has 0 aliphatic carbocycles. The second kappa shape index (κ2) is 26.4. The van der Waals surface area contributed by atoms with Crippen molar-refractivity contribution in [3.05, 3.63) is 84.1 Å². The van der Waals surface area contributed by atoms with Crippen LogP contribution in [0.2, 0.25) is 0 Å². The van der Waals surface area contributed by atoms with Gasteiger partial charge in [0.25, 0.3) is 0 Å². The van der Waals surface area contributed by atoms with Gasteiger partial charge in [0.05, 0.1) is 47.6 Å². The fraction of sp³-hybridized carbons (Fsp3) is 0.614. The van der Waals surface area contributed by atoms with E-state index in [2.05, 4.69) is 16.8 Å². The molecule has 396 valence electrons. The highest BCUT2D eigenvalue weighted by atomic mass is 16.7. The van der Waals surface area contributed by atoms with Crippen molar-refractivity contribution in [2.24, 2.45) is 17.8 Å². The van der Waals surface area contributed by atoms with Gasteiger partial charge >= 0.3 is 11.9 Å². The monoisotopic (exact) mass is 999 g/mol. The number of fused-ring (bicyclic) bond motifs is 1. The Balaban J connectivity index is 1.50. The lowest BCUT2D eigenvalue weighted by Crippen LogP contribution is -2.60. The van der Waals surface area contributed by atoms with Crippen LogP contribution in [-0.4, -0.2) is 157 Å². The van der Waals surface area contributed by atoms with Crippen molar-refractivity contribution < 1.29 is 52.4 Å². The number of aromatic nitrogens is 1. The first-order valence-corrected chi connectivity index (χ1v) is 25.8. The zero-order chi connectivity index (χ0) is 52.9. The van der Waals surface area contributed by atoms with Crippen molar-refractivity contribution >= 4 is 46.9 Å². The average molecular weight is 999 g/mol. The van der Waals surface area contributed by atoms with Crippen LogP contribution in [0.5, 0.6) is 0 Å². The molecule has 3 aromatic rings. The van der Waals surface area contributed by atoms with Gasteiger partial charge in [0, 0.05) is 43.1 Å². The van der Waals surface area contributed by atoms with E-state index in [1.54, 1.807) is 63.2 Å². The van der Waals surface area contributed by atoms with Gasteiger partial charge in [-0.2, -0.15) is 0 Å². The van der Waals surface area contributed by atoms with E-state index < -0.39 is 77.3 Å². The summed E-state index contributed by atoms with van der Waals surface area (Å²) in [6.07, 6.45) is 4.77. The number of likely N-dealkylation sites (tertiary alicyclic amines) is 1. The Kier molecular flexibility index (Phi) is 21.2. The number of Topliss-reactive ketones (excluding diaryl/α,β-unsaturated/α-hetero) is 2. The molecule has 13 atom stereocenters. The number of carbonyl (C=O) groups is 5. The van der Waals surface area contributed by atoms with Crippen molar-refractivity contribution in [3.63, 3.8) is 0 Å². The van der Waals surface area contributed by atoms with E-state index in [9.17, 15) is 19.2 Å². The number of hydrogen-bond acceptors (Lipinski definition) is 14. The summed E-state index contributed by atoms with van der Waals surface area (Å²) < 4.78 is 39.2. The van der Waals surface area contributed by atoms with Gasteiger partial charge < -0.3 is 38.2 Å². The normalized spacial score (nSPS) is 23.8. The zero-order valence-corrected chi connectivity index (χ0v) is 45.1. The molecule has 0 spiro atoms. The fourth-order valence-electron chi connectivity index (χ4n) is 10.5. The summed E-state index contributed by atoms with van der Waals surface area (Å²) in [4.78, 5) is 79.9. The average Bonchev–Trinajstić information content (AvgIpc) is 3.84. The summed E-state index contributed by atoms with van der Waals surface area (Å²) >= 11 is 0. The SMILES string of the molecule is CC[C@@H](OC(=O)[C@H](C)C(=O)[C@H](C)[C@@H](O[C@@H]1O[C@H](C)C[C@H](N(C)C)[C@H]1OC(=O)c1ccccc1)[C@@](C)(C[C@@H](C)C(C)=O)OC/C=C/c1cnc2ccccc2c1)[C@@](C)(OC)[C@@H](C)N(C=O)C[C@H]1CCCN1CC. The van der Waals surface area contributed by atoms with Gasteiger partial charge in [-0.1, -0.05) is 76.2 Å². The molecule has 3 heterocycles. The third kappa shape index (κ3) is 14.2. The van der Waals surface area contributed by atoms with Crippen LogP contribution in [0.25, 0.3) is 17.0 Å². The van der Waals surface area contributed by atoms with E-state index in [-0.39, 0.29) is 37.0 Å². The van der Waals surface area contributed by atoms with Gasteiger partial charge in [0.1, 0.15) is 23.4 Å². The zero-order valence-electron chi connectivity index (χ0n) is 45.1. The Morgan fingerprint density at radius 1 is 1.00 bits per heavy atom. The molecule has 1 amide bonds. The van der Waals surface area contributed by atoms with E-state index in [1.165, 1.54) is 13.8 Å². The Bertz CT molecular complexity index is 2290. The summed E-state index contributed by atoms with van der Waals surface area (Å²) in [5.41, 5.74) is -0.467. The quantitative estimate of drug-likeness (QED) is 0.0408. The van der Waals surface area contributed by atoms with E-state index in [0.29, 0.717) is 24.9 Å². The molecule has 1 aromatic heterocycles. The van der Waals surface area contributed by atoms with Crippen molar-refractivity contribution in [2.75, 3.05) is 47.4 Å². The number of likely N-dealkylation sites (N-methyl/N-ethyl adjacent to an activating group) is 2. The standard InChI is InChI=1S/C57H82N4O11/c1-14-49(57(10,67-13)42(8)61(36-62)35-46-27-21-29-60(46)15-2)70-53(65)40(6)50(64)39(5)52(72-55-51(48(59(11)12)31-38(4)69-55)71-54(66)44-24-17-16-18-25-44)56(9,33-37(3)41(7)63)68-30-22-23-43-32-45-26-19-20-28-47(45)58-34-43/h16-20,22-26,28,32,34,36-40,42,46,48-49,51-52,55H,14-15,21,27,29-31,33,35H2,1-13H3/b23-22+/t37-,38-,39+,40-,42-,46-,48+,49-,51-,52-,55+,56-,57+/m1/s1. The first-order chi connectivity index (χ1) is 34.2. The van der Waals surface area contributed by atoms with Crippen molar-refractivity contribution in [1.29, 1.82) is 0 Å². The first-order valence-electron chi connectivity index (χ1n) is 25.8. The van der Waals surface area contributed by atoms with Crippen LogP contribution < -0.4 is 0 Å². The molecule has 2 saturated heterocycles. The van der Waals surface area contributed by atoms with Crippen LogP contribution in [0.1, 0.15) is 117 Å². The summed E-state index contributed by atoms with van der Waals surface area (Å²) in [5.74, 6) is -4.88. The summed E-state index contributed by atoms with van der Waals surface area (Å²) in [6.45, 7) is 20.3. The second-order valence-electron chi connectivity index (χ2n) is 20.6. The number of benzene rings is 2. The number of rotatable bonds is 27. The minimum atomic E-state index is -1.39. The van der Waals surface area contributed by atoms with E-state index in [0.717, 1.165) is 48.8 Å². The van der Waals surface area contributed by atoms with Gasteiger partial charge in [-0.15, -0.1) is 0 Å². The van der Waals surface area contributed by atoms with Crippen LogP contribution in [0.4, 0.5) is 0 Å². The number of nitrogens with zero attached hydrogens (tertiary/aromatic N) is 4. The Morgan fingerprint density at radius 3 is 2.33 bits per heavy atom. The molecule has 0 saturated carbocycles. The third-order valence-corrected chi connectivity index (χ3v) is 15.4. The Hall–Kier alpha value is -4.90. The number of carbonyl (C=O) groups excluding carboxylic acids is 5. The van der Waals surface area contributed by atoms with E-state index in [4.69, 9.17) is 28.4 Å².